The fourth-order valence-corrected chi connectivity index (χ4v) is 2.00. The molecular formula is C13H15BrN4O. The van der Waals surface area contributed by atoms with E-state index in [1.165, 1.54) is 0 Å². The molecule has 1 aromatic heterocycles. The van der Waals surface area contributed by atoms with Crippen LogP contribution in [0.3, 0.4) is 0 Å². The second-order valence-corrected chi connectivity index (χ2v) is 4.92. The highest BCUT2D eigenvalue weighted by atomic mass is 79.9. The Bertz CT molecular complexity index is 562. The van der Waals surface area contributed by atoms with E-state index in [0.717, 1.165) is 15.7 Å². The van der Waals surface area contributed by atoms with Gasteiger partial charge in [-0.15, -0.1) is 0 Å². The third-order valence-electron chi connectivity index (χ3n) is 2.55. The van der Waals surface area contributed by atoms with Gasteiger partial charge in [-0.2, -0.15) is 0 Å². The van der Waals surface area contributed by atoms with Gasteiger partial charge in [0.05, 0.1) is 11.9 Å². The highest BCUT2D eigenvalue weighted by Gasteiger charge is 2.06. The van der Waals surface area contributed by atoms with Crippen LogP contribution in [0.1, 0.15) is 6.42 Å². The van der Waals surface area contributed by atoms with Gasteiger partial charge in [-0.25, -0.2) is 9.97 Å². The van der Waals surface area contributed by atoms with Crippen molar-refractivity contribution < 1.29 is 5.11 Å². The van der Waals surface area contributed by atoms with Crippen LogP contribution in [0.5, 0.6) is 0 Å². The molecule has 5 nitrogen and oxygen atoms in total. The monoisotopic (exact) mass is 322 g/mol. The average molecular weight is 323 g/mol. The smallest absolute Gasteiger partial charge is 0.169 e. The molecule has 0 aliphatic rings. The van der Waals surface area contributed by atoms with Gasteiger partial charge >= 0.3 is 0 Å². The van der Waals surface area contributed by atoms with Crippen LogP contribution < -0.4 is 11.1 Å². The van der Waals surface area contributed by atoms with Crippen molar-refractivity contribution in [3.05, 3.63) is 34.9 Å². The largest absolute Gasteiger partial charge is 0.396 e. The minimum atomic E-state index is 0.131. The van der Waals surface area contributed by atoms with Crippen LogP contribution in [0, 0.1) is 0 Å². The van der Waals surface area contributed by atoms with Crippen LogP contribution in [-0.2, 0) is 0 Å². The Labute approximate surface area is 120 Å². The van der Waals surface area contributed by atoms with Crippen LogP contribution in [0.2, 0.25) is 0 Å². The Morgan fingerprint density at radius 2 is 2.21 bits per heavy atom. The van der Waals surface area contributed by atoms with Crippen molar-refractivity contribution in [2.45, 2.75) is 6.42 Å². The Kier molecular flexibility index (Phi) is 4.70. The lowest BCUT2D eigenvalue weighted by molar-refractivity contribution is 0.292. The molecule has 19 heavy (non-hydrogen) atoms. The van der Waals surface area contributed by atoms with E-state index < -0.39 is 0 Å². The molecule has 2 rings (SSSR count). The molecule has 100 valence electrons. The zero-order valence-corrected chi connectivity index (χ0v) is 11.9. The third kappa shape index (κ3) is 3.65. The summed E-state index contributed by atoms with van der Waals surface area (Å²) in [7, 11) is 0. The van der Waals surface area contributed by atoms with Crippen LogP contribution in [0.4, 0.5) is 11.6 Å². The fourth-order valence-electron chi connectivity index (χ4n) is 1.60. The van der Waals surface area contributed by atoms with Gasteiger partial charge < -0.3 is 16.2 Å². The second kappa shape index (κ2) is 6.49. The number of aliphatic hydroxyl groups is 1. The number of hydrogen-bond acceptors (Lipinski definition) is 5. The molecule has 6 heteroatoms. The summed E-state index contributed by atoms with van der Waals surface area (Å²) in [6.45, 7) is 0.739. The van der Waals surface area contributed by atoms with Crippen LogP contribution >= 0.6 is 15.9 Å². The maximum absolute atomic E-state index is 8.76. The molecule has 0 amide bonds. The molecule has 0 unspecified atom stereocenters. The first-order chi connectivity index (χ1) is 9.20. The van der Waals surface area contributed by atoms with Crippen molar-refractivity contribution in [1.29, 1.82) is 0 Å². The van der Waals surface area contributed by atoms with E-state index >= 15 is 0 Å². The molecule has 0 atom stereocenters. The summed E-state index contributed by atoms with van der Waals surface area (Å²) in [5, 5.41) is 11.8. The highest BCUT2D eigenvalue weighted by Crippen LogP contribution is 2.23. The van der Waals surface area contributed by atoms with E-state index in [1.54, 1.807) is 6.20 Å². The lowest BCUT2D eigenvalue weighted by Gasteiger charge is -2.09. The zero-order chi connectivity index (χ0) is 13.7. The van der Waals surface area contributed by atoms with Crippen LogP contribution in [0.25, 0.3) is 11.3 Å². The Morgan fingerprint density at radius 3 is 2.95 bits per heavy atom. The molecule has 4 N–H and O–H groups in total. The molecular weight excluding hydrogens is 308 g/mol. The summed E-state index contributed by atoms with van der Waals surface area (Å²) in [6.07, 6.45) is 2.29. The number of nitrogens with one attached hydrogen (secondary N) is 1. The van der Waals surface area contributed by atoms with Gasteiger partial charge in [0, 0.05) is 23.2 Å². The van der Waals surface area contributed by atoms with E-state index in [0.29, 0.717) is 24.6 Å². The zero-order valence-electron chi connectivity index (χ0n) is 10.3. The van der Waals surface area contributed by atoms with Crippen LogP contribution in [-0.4, -0.2) is 28.2 Å². The first-order valence-corrected chi connectivity index (χ1v) is 6.73. The fraction of sp³-hybridized carbons (Fsp3) is 0.231. The Morgan fingerprint density at radius 1 is 1.37 bits per heavy atom. The first-order valence-electron chi connectivity index (χ1n) is 5.94. The Balaban J connectivity index is 2.25. The molecule has 0 radical (unpaired) electrons. The first kappa shape index (κ1) is 13.8. The molecule has 1 heterocycles. The molecule has 0 saturated heterocycles. The molecule has 0 bridgehead atoms. The van der Waals surface area contributed by atoms with Gasteiger partial charge in [0.15, 0.2) is 11.6 Å². The van der Waals surface area contributed by atoms with Crippen molar-refractivity contribution in [3.8, 4) is 11.3 Å². The number of aliphatic hydroxyl groups excluding tert-OH is 1. The number of halogens is 1. The average Bonchev–Trinajstić information content (AvgIpc) is 2.41. The van der Waals surface area contributed by atoms with E-state index in [2.05, 4.69) is 31.2 Å². The molecule has 0 saturated carbocycles. The van der Waals surface area contributed by atoms with E-state index in [4.69, 9.17) is 10.8 Å². The predicted octanol–water partition coefficient (Wildman–Crippen LogP) is 2.28. The van der Waals surface area contributed by atoms with E-state index in [9.17, 15) is 0 Å². The summed E-state index contributed by atoms with van der Waals surface area (Å²) in [6, 6.07) is 7.82. The van der Waals surface area contributed by atoms with Gasteiger partial charge in [0.2, 0.25) is 0 Å². The number of nitrogens with two attached hydrogens (primary N) is 1. The lowest BCUT2D eigenvalue weighted by atomic mass is 10.2. The summed E-state index contributed by atoms with van der Waals surface area (Å²) >= 11 is 3.43. The quantitative estimate of drug-likeness (QED) is 0.735. The van der Waals surface area contributed by atoms with Gasteiger partial charge in [-0.1, -0.05) is 28.1 Å². The summed E-state index contributed by atoms with van der Waals surface area (Å²) in [4.78, 5) is 8.59. The van der Waals surface area contributed by atoms with Crippen LogP contribution in [0.15, 0.2) is 34.9 Å². The summed E-state index contributed by atoms with van der Waals surface area (Å²) in [5.74, 6) is 0.905. The number of hydrogen-bond donors (Lipinski definition) is 3. The standard InChI is InChI=1S/C13H15BrN4O/c14-10-4-1-3-9(7-10)11-8-17-12(15)13(18-11)16-5-2-6-19/h1,3-4,7-8,19H,2,5-6H2,(H2,15,17)(H,16,18). The summed E-state index contributed by atoms with van der Waals surface area (Å²) < 4.78 is 0.985. The van der Waals surface area contributed by atoms with E-state index in [-0.39, 0.29) is 6.61 Å². The maximum atomic E-state index is 8.76. The molecule has 0 aliphatic heterocycles. The number of benzene rings is 1. The van der Waals surface area contributed by atoms with Crippen molar-refractivity contribution in [2.75, 3.05) is 24.2 Å². The number of rotatable bonds is 5. The summed E-state index contributed by atoms with van der Waals surface area (Å²) in [5.41, 5.74) is 7.49. The van der Waals surface area contributed by atoms with Gasteiger partial charge in [0.25, 0.3) is 0 Å². The normalized spacial score (nSPS) is 10.4. The maximum Gasteiger partial charge on any atom is 0.169 e. The van der Waals surface area contributed by atoms with Gasteiger partial charge in [-0.3, -0.25) is 0 Å². The SMILES string of the molecule is Nc1ncc(-c2cccc(Br)c2)nc1NCCCO. The number of anilines is 2. The van der Waals surface area contributed by atoms with Crippen molar-refractivity contribution in [1.82, 2.24) is 9.97 Å². The van der Waals surface area contributed by atoms with Gasteiger partial charge in [-0.05, 0) is 18.6 Å². The van der Waals surface area contributed by atoms with Crippen molar-refractivity contribution >= 4 is 27.6 Å². The van der Waals surface area contributed by atoms with E-state index in [1.807, 2.05) is 24.3 Å². The van der Waals surface area contributed by atoms with Crippen molar-refractivity contribution in [3.63, 3.8) is 0 Å². The predicted molar refractivity (Wildman–Crippen MR) is 79.8 cm³/mol. The number of nitrogens with zero attached hydrogens (tertiary/aromatic N) is 2. The highest BCUT2D eigenvalue weighted by molar-refractivity contribution is 9.10. The number of aromatic nitrogens is 2. The minimum Gasteiger partial charge on any atom is -0.396 e. The van der Waals surface area contributed by atoms with Gasteiger partial charge in [0.1, 0.15) is 0 Å². The Hall–Kier alpha value is -1.66. The molecule has 0 spiro atoms. The molecule has 1 aromatic carbocycles. The lowest BCUT2D eigenvalue weighted by Crippen LogP contribution is -2.09. The molecule has 0 aliphatic carbocycles. The third-order valence-corrected chi connectivity index (χ3v) is 3.04. The molecule has 2 aromatic rings. The molecule has 0 fully saturated rings. The second-order valence-electron chi connectivity index (χ2n) is 4.00. The number of nitrogen functional groups attached to an aromatic ring is 1. The minimum absolute atomic E-state index is 0.131. The van der Waals surface area contributed by atoms with Crippen molar-refractivity contribution in [2.24, 2.45) is 0 Å². The topological polar surface area (TPSA) is 84.1 Å².